The summed E-state index contributed by atoms with van der Waals surface area (Å²) in [7, 11) is 0. The Kier molecular flexibility index (Phi) is 1.93. The van der Waals surface area contributed by atoms with Crippen LogP contribution in [-0.4, -0.2) is 15.0 Å². The van der Waals surface area contributed by atoms with Crippen molar-refractivity contribution in [1.29, 1.82) is 0 Å². The van der Waals surface area contributed by atoms with Crippen molar-refractivity contribution in [2.24, 2.45) is 0 Å². The molecule has 0 saturated carbocycles. The number of fused-ring (bicyclic) bond motifs is 1. The van der Waals surface area contributed by atoms with Gasteiger partial charge in [-0.2, -0.15) is 0 Å². The highest BCUT2D eigenvalue weighted by molar-refractivity contribution is 5.78. The fraction of sp³-hybridized carbons (Fsp3) is 0. The number of benzene rings is 1. The first-order valence-corrected chi connectivity index (χ1v) is 4.89. The third kappa shape index (κ3) is 1.35. The van der Waals surface area contributed by atoms with Crippen molar-refractivity contribution in [2.45, 2.75) is 0 Å². The van der Waals surface area contributed by atoms with Gasteiger partial charge in [-0.05, 0) is 18.2 Å². The normalized spacial score (nSPS) is 10.8. The van der Waals surface area contributed by atoms with Crippen LogP contribution in [0.25, 0.3) is 22.4 Å². The van der Waals surface area contributed by atoms with Gasteiger partial charge in [0, 0.05) is 6.20 Å². The van der Waals surface area contributed by atoms with E-state index in [2.05, 4.69) is 15.0 Å². The van der Waals surface area contributed by atoms with E-state index in [-0.39, 0.29) is 5.82 Å². The number of imidazole rings is 1. The molecule has 2 heterocycles. The lowest BCUT2D eigenvalue weighted by Gasteiger charge is -1.96. The highest BCUT2D eigenvalue weighted by Crippen LogP contribution is 2.21. The zero-order valence-electron chi connectivity index (χ0n) is 8.31. The molecule has 0 atom stereocenters. The Morgan fingerprint density at radius 1 is 1.12 bits per heavy atom. The first-order chi connectivity index (χ1) is 7.84. The van der Waals surface area contributed by atoms with E-state index >= 15 is 0 Å². The first kappa shape index (κ1) is 9.03. The largest absolute Gasteiger partial charge is 0.337 e. The molecule has 0 amide bonds. The Morgan fingerprint density at radius 2 is 2.00 bits per heavy atom. The summed E-state index contributed by atoms with van der Waals surface area (Å²) in [6.07, 6.45) is 3.33. The molecule has 0 aliphatic carbocycles. The molecule has 0 unspecified atom stereocenters. The summed E-state index contributed by atoms with van der Waals surface area (Å²) in [6, 6.07) is 8.34. The Hall–Kier alpha value is -2.23. The zero-order valence-corrected chi connectivity index (χ0v) is 8.31. The monoisotopic (exact) mass is 213 g/mol. The Morgan fingerprint density at radius 3 is 2.81 bits per heavy atom. The van der Waals surface area contributed by atoms with E-state index in [9.17, 15) is 4.39 Å². The number of nitrogens with zero attached hydrogens (tertiary/aromatic N) is 2. The van der Waals surface area contributed by atoms with Crippen molar-refractivity contribution in [3.05, 3.63) is 48.5 Å². The topological polar surface area (TPSA) is 41.6 Å². The maximum atomic E-state index is 13.5. The van der Waals surface area contributed by atoms with Gasteiger partial charge in [0.25, 0.3) is 0 Å². The summed E-state index contributed by atoms with van der Waals surface area (Å²) < 4.78 is 13.5. The molecule has 2 aromatic heterocycles. The van der Waals surface area contributed by atoms with Crippen LogP contribution in [-0.2, 0) is 0 Å². The summed E-state index contributed by atoms with van der Waals surface area (Å²) in [5.41, 5.74) is 2.06. The summed E-state index contributed by atoms with van der Waals surface area (Å²) >= 11 is 0. The fourth-order valence-corrected chi connectivity index (χ4v) is 1.64. The van der Waals surface area contributed by atoms with Gasteiger partial charge in [0.1, 0.15) is 11.6 Å². The molecule has 0 spiro atoms. The lowest BCUT2D eigenvalue weighted by Crippen LogP contribution is -1.84. The minimum Gasteiger partial charge on any atom is -0.337 e. The van der Waals surface area contributed by atoms with Gasteiger partial charge in [-0.1, -0.05) is 12.1 Å². The predicted molar refractivity (Wildman–Crippen MR) is 59.3 cm³/mol. The van der Waals surface area contributed by atoms with Gasteiger partial charge in [-0.25, -0.2) is 9.37 Å². The van der Waals surface area contributed by atoms with E-state index in [1.165, 1.54) is 6.07 Å². The lowest BCUT2D eigenvalue weighted by molar-refractivity contribution is 0.630. The molecule has 0 aliphatic rings. The number of hydrogen-bond acceptors (Lipinski definition) is 2. The molecule has 0 fully saturated rings. The quantitative estimate of drug-likeness (QED) is 0.675. The van der Waals surface area contributed by atoms with Gasteiger partial charge < -0.3 is 4.98 Å². The van der Waals surface area contributed by atoms with Crippen molar-refractivity contribution < 1.29 is 4.39 Å². The van der Waals surface area contributed by atoms with Crippen LogP contribution in [0.3, 0.4) is 0 Å². The van der Waals surface area contributed by atoms with Gasteiger partial charge >= 0.3 is 0 Å². The fourth-order valence-electron chi connectivity index (χ4n) is 1.64. The standard InChI is InChI=1S/C12H8FN3/c13-9-4-2-1-3-8(9)12-15-10-5-6-14-7-11(10)16-12/h1-7H,(H,15,16). The molecule has 0 radical (unpaired) electrons. The molecular weight excluding hydrogens is 205 g/mol. The van der Waals surface area contributed by atoms with Gasteiger partial charge in [0.2, 0.25) is 0 Å². The minimum absolute atomic E-state index is 0.283. The summed E-state index contributed by atoms with van der Waals surface area (Å²) in [5, 5.41) is 0. The third-order valence-electron chi connectivity index (χ3n) is 2.41. The Bertz CT molecular complexity index is 612. The van der Waals surface area contributed by atoms with Gasteiger partial charge in [0.15, 0.2) is 0 Å². The molecule has 3 rings (SSSR count). The van der Waals surface area contributed by atoms with Gasteiger partial charge in [0.05, 0.1) is 22.8 Å². The van der Waals surface area contributed by atoms with E-state index in [1.54, 1.807) is 36.7 Å². The molecule has 0 aliphatic heterocycles. The van der Waals surface area contributed by atoms with E-state index in [4.69, 9.17) is 0 Å². The maximum Gasteiger partial charge on any atom is 0.141 e. The second-order valence-corrected chi connectivity index (χ2v) is 3.46. The maximum absolute atomic E-state index is 13.5. The van der Waals surface area contributed by atoms with E-state index < -0.39 is 0 Å². The lowest BCUT2D eigenvalue weighted by atomic mass is 10.2. The molecule has 0 bridgehead atoms. The SMILES string of the molecule is Fc1ccccc1-c1nc2ccncc2[nH]1. The van der Waals surface area contributed by atoms with Gasteiger partial charge in [-0.3, -0.25) is 4.98 Å². The van der Waals surface area contributed by atoms with E-state index in [0.29, 0.717) is 11.4 Å². The van der Waals surface area contributed by atoms with Crippen molar-refractivity contribution in [3.63, 3.8) is 0 Å². The molecule has 3 aromatic rings. The smallest absolute Gasteiger partial charge is 0.141 e. The van der Waals surface area contributed by atoms with Crippen LogP contribution >= 0.6 is 0 Å². The minimum atomic E-state index is -0.283. The molecular formula is C12H8FN3. The van der Waals surface area contributed by atoms with Crippen LogP contribution in [0, 0.1) is 5.82 Å². The summed E-state index contributed by atoms with van der Waals surface area (Å²) in [6.45, 7) is 0. The first-order valence-electron chi connectivity index (χ1n) is 4.89. The number of halogens is 1. The number of H-pyrrole nitrogens is 1. The van der Waals surface area contributed by atoms with Crippen LogP contribution in [0.4, 0.5) is 4.39 Å². The Labute approximate surface area is 91.0 Å². The number of pyridine rings is 1. The van der Waals surface area contributed by atoms with Crippen molar-refractivity contribution in [3.8, 4) is 11.4 Å². The summed E-state index contributed by atoms with van der Waals surface area (Å²) in [5.74, 6) is 0.246. The second kappa shape index (κ2) is 3.41. The van der Waals surface area contributed by atoms with Crippen molar-refractivity contribution in [2.75, 3.05) is 0 Å². The number of aromatic amines is 1. The molecule has 3 nitrogen and oxygen atoms in total. The van der Waals surface area contributed by atoms with Gasteiger partial charge in [-0.15, -0.1) is 0 Å². The van der Waals surface area contributed by atoms with Crippen LogP contribution in [0.1, 0.15) is 0 Å². The van der Waals surface area contributed by atoms with Crippen molar-refractivity contribution in [1.82, 2.24) is 15.0 Å². The molecule has 1 aromatic carbocycles. The average molecular weight is 213 g/mol. The highest BCUT2D eigenvalue weighted by Gasteiger charge is 2.08. The van der Waals surface area contributed by atoms with Crippen LogP contribution in [0.15, 0.2) is 42.7 Å². The van der Waals surface area contributed by atoms with Crippen LogP contribution < -0.4 is 0 Å². The second-order valence-electron chi connectivity index (χ2n) is 3.46. The highest BCUT2D eigenvalue weighted by atomic mass is 19.1. The Balaban J connectivity index is 2.23. The summed E-state index contributed by atoms with van der Waals surface area (Å²) in [4.78, 5) is 11.3. The molecule has 0 saturated heterocycles. The third-order valence-corrected chi connectivity index (χ3v) is 2.41. The molecule has 4 heteroatoms. The number of aromatic nitrogens is 3. The molecule has 16 heavy (non-hydrogen) atoms. The van der Waals surface area contributed by atoms with E-state index in [1.807, 2.05) is 0 Å². The number of hydrogen-bond donors (Lipinski definition) is 1. The van der Waals surface area contributed by atoms with Crippen molar-refractivity contribution >= 4 is 11.0 Å². The number of nitrogens with one attached hydrogen (secondary N) is 1. The zero-order chi connectivity index (χ0) is 11.0. The van der Waals surface area contributed by atoms with Crippen LogP contribution in [0.2, 0.25) is 0 Å². The molecule has 78 valence electrons. The molecule has 1 N–H and O–H groups in total. The number of rotatable bonds is 1. The average Bonchev–Trinajstić information content (AvgIpc) is 2.73. The predicted octanol–water partition coefficient (Wildman–Crippen LogP) is 2.76. The van der Waals surface area contributed by atoms with Crippen LogP contribution in [0.5, 0.6) is 0 Å². The van der Waals surface area contributed by atoms with E-state index in [0.717, 1.165) is 11.0 Å².